The summed E-state index contributed by atoms with van der Waals surface area (Å²) in [6.45, 7) is 0.244. The predicted molar refractivity (Wildman–Crippen MR) is 94.3 cm³/mol. The van der Waals surface area contributed by atoms with Crippen molar-refractivity contribution in [1.29, 1.82) is 0 Å². The van der Waals surface area contributed by atoms with E-state index in [1.807, 2.05) is 6.07 Å². The van der Waals surface area contributed by atoms with Crippen LogP contribution in [0.15, 0.2) is 54.9 Å². The average molecular weight is 375 g/mol. The van der Waals surface area contributed by atoms with E-state index in [9.17, 15) is 13.6 Å². The maximum atomic E-state index is 13.3. The van der Waals surface area contributed by atoms with E-state index >= 15 is 0 Å². The fourth-order valence-electron chi connectivity index (χ4n) is 2.18. The van der Waals surface area contributed by atoms with E-state index in [1.54, 1.807) is 18.2 Å². The Morgan fingerprint density at radius 3 is 2.62 bits per heavy atom. The van der Waals surface area contributed by atoms with E-state index in [0.717, 1.165) is 17.7 Å². The van der Waals surface area contributed by atoms with Crippen molar-refractivity contribution in [2.75, 3.05) is 5.32 Å². The molecular weight excluding hydrogens is 362 g/mol. The van der Waals surface area contributed by atoms with Crippen molar-refractivity contribution in [1.82, 2.24) is 15.3 Å². The van der Waals surface area contributed by atoms with Crippen LogP contribution in [0, 0.1) is 11.6 Å². The van der Waals surface area contributed by atoms with Crippen molar-refractivity contribution in [3.63, 3.8) is 0 Å². The first kappa shape index (κ1) is 17.8. The molecule has 2 N–H and O–H groups in total. The predicted octanol–water partition coefficient (Wildman–Crippen LogP) is 4.08. The van der Waals surface area contributed by atoms with Gasteiger partial charge in [0.05, 0.1) is 0 Å². The molecule has 0 fully saturated rings. The SMILES string of the molecule is O=C(NCc1ccccc1Cl)c1cc(Nc2ccc(F)c(F)c2)ncn1. The van der Waals surface area contributed by atoms with Gasteiger partial charge in [0.1, 0.15) is 17.8 Å². The Labute approximate surface area is 153 Å². The van der Waals surface area contributed by atoms with E-state index in [-0.39, 0.29) is 18.1 Å². The molecule has 132 valence electrons. The lowest BCUT2D eigenvalue weighted by molar-refractivity contribution is 0.0946. The number of nitrogens with one attached hydrogen (secondary N) is 2. The van der Waals surface area contributed by atoms with Crippen LogP contribution in [0.3, 0.4) is 0 Å². The summed E-state index contributed by atoms with van der Waals surface area (Å²) in [6.07, 6.45) is 1.20. The van der Waals surface area contributed by atoms with E-state index in [2.05, 4.69) is 20.6 Å². The van der Waals surface area contributed by atoms with Crippen LogP contribution >= 0.6 is 11.6 Å². The minimum Gasteiger partial charge on any atom is -0.347 e. The van der Waals surface area contributed by atoms with Gasteiger partial charge < -0.3 is 10.6 Å². The molecule has 1 heterocycles. The Morgan fingerprint density at radius 2 is 1.85 bits per heavy atom. The smallest absolute Gasteiger partial charge is 0.270 e. The summed E-state index contributed by atoms with van der Waals surface area (Å²) in [7, 11) is 0. The molecule has 26 heavy (non-hydrogen) atoms. The largest absolute Gasteiger partial charge is 0.347 e. The molecule has 0 spiro atoms. The molecule has 0 aliphatic carbocycles. The highest BCUT2D eigenvalue weighted by Gasteiger charge is 2.10. The number of anilines is 2. The van der Waals surface area contributed by atoms with Crippen LogP contribution < -0.4 is 10.6 Å². The fourth-order valence-corrected chi connectivity index (χ4v) is 2.38. The Kier molecular flexibility index (Phi) is 5.38. The molecule has 0 aliphatic heterocycles. The zero-order valence-electron chi connectivity index (χ0n) is 13.3. The number of hydrogen-bond acceptors (Lipinski definition) is 4. The topological polar surface area (TPSA) is 66.9 Å². The molecule has 0 radical (unpaired) electrons. The van der Waals surface area contributed by atoms with Crippen molar-refractivity contribution in [3.05, 3.63) is 82.8 Å². The summed E-state index contributed by atoms with van der Waals surface area (Å²) in [5, 5.41) is 6.06. The standard InChI is InChI=1S/C18H13ClF2N4O/c19-13-4-2-1-3-11(13)9-22-18(26)16-8-17(24-10-23-16)25-12-5-6-14(20)15(21)7-12/h1-8,10H,9H2,(H,22,26)(H,23,24,25). The molecule has 8 heteroatoms. The van der Waals surface area contributed by atoms with Gasteiger partial charge in [-0.25, -0.2) is 18.7 Å². The van der Waals surface area contributed by atoms with E-state index in [4.69, 9.17) is 11.6 Å². The third-order valence-corrected chi connectivity index (χ3v) is 3.86. The van der Waals surface area contributed by atoms with Crippen LogP contribution in [0.4, 0.5) is 20.3 Å². The Balaban J connectivity index is 1.69. The number of rotatable bonds is 5. The third kappa shape index (κ3) is 4.31. The molecule has 0 saturated heterocycles. The van der Waals surface area contributed by atoms with Gasteiger partial charge in [-0.1, -0.05) is 29.8 Å². The first-order valence-corrected chi connectivity index (χ1v) is 7.96. The summed E-state index contributed by atoms with van der Waals surface area (Å²) < 4.78 is 26.2. The molecule has 0 saturated carbocycles. The Morgan fingerprint density at radius 1 is 1.04 bits per heavy atom. The van der Waals surface area contributed by atoms with Crippen molar-refractivity contribution in [3.8, 4) is 0 Å². The van der Waals surface area contributed by atoms with Crippen LogP contribution in [-0.4, -0.2) is 15.9 Å². The van der Waals surface area contributed by atoms with Gasteiger partial charge in [0.15, 0.2) is 11.6 Å². The Bertz CT molecular complexity index is 952. The van der Waals surface area contributed by atoms with Crippen molar-refractivity contribution in [2.45, 2.75) is 6.54 Å². The Hall–Kier alpha value is -3.06. The molecule has 0 atom stereocenters. The number of hydrogen-bond donors (Lipinski definition) is 2. The number of nitrogens with zero attached hydrogens (tertiary/aromatic N) is 2. The molecule has 3 aromatic rings. The van der Waals surface area contributed by atoms with Gasteiger partial charge in [-0.15, -0.1) is 0 Å². The second-order valence-corrected chi connectivity index (χ2v) is 5.72. The zero-order chi connectivity index (χ0) is 18.5. The number of halogens is 3. The minimum absolute atomic E-state index is 0.122. The van der Waals surface area contributed by atoms with Crippen molar-refractivity contribution >= 4 is 29.0 Å². The molecule has 0 unspecified atom stereocenters. The zero-order valence-corrected chi connectivity index (χ0v) is 14.1. The number of benzene rings is 2. The lowest BCUT2D eigenvalue weighted by Crippen LogP contribution is -2.24. The lowest BCUT2D eigenvalue weighted by Gasteiger charge is -2.09. The van der Waals surface area contributed by atoms with Gasteiger partial charge in [-0.3, -0.25) is 4.79 Å². The lowest BCUT2D eigenvalue weighted by atomic mass is 10.2. The molecular formula is C18H13ClF2N4O. The second kappa shape index (κ2) is 7.88. The van der Waals surface area contributed by atoms with Gasteiger partial charge >= 0.3 is 0 Å². The summed E-state index contributed by atoms with van der Waals surface area (Å²) in [5.74, 6) is -2.07. The summed E-state index contributed by atoms with van der Waals surface area (Å²) >= 11 is 6.05. The first-order valence-electron chi connectivity index (χ1n) is 7.58. The van der Waals surface area contributed by atoms with Crippen LogP contribution in [0.5, 0.6) is 0 Å². The summed E-state index contributed by atoms with van der Waals surface area (Å²) in [5.41, 5.74) is 1.19. The highest BCUT2D eigenvalue weighted by atomic mass is 35.5. The average Bonchev–Trinajstić information content (AvgIpc) is 2.64. The maximum Gasteiger partial charge on any atom is 0.270 e. The first-order chi connectivity index (χ1) is 12.5. The molecule has 1 amide bonds. The fraction of sp³-hybridized carbons (Fsp3) is 0.0556. The third-order valence-electron chi connectivity index (χ3n) is 3.49. The molecule has 0 aliphatic rings. The quantitative estimate of drug-likeness (QED) is 0.706. The molecule has 5 nitrogen and oxygen atoms in total. The van der Waals surface area contributed by atoms with Gasteiger partial charge in [0.2, 0.25) is 0 Å². The van der Waals surface area contributed by atoms with Gasteiger partial charge in [0, 0.05) is 29.4 Å². The monoisotopic (exact) mass is 374 g/mol. The molecule has 2 aromatic carbocycles. The van der Waals surface area contributed by atoms with E-state index < -0.39 is 17.5 Å². The number of carbonyl (C=O) groups is 1. The highest BCUT2D eigenvalue weighted by molar-refractivity contribution is 6.31. The van der Waals surface area contributed by atoms with Crippen LogP contribution in [-0.2, 0) is 6.54 Å². The normalized spacial score (nSPS) is 10.4. The number of carbonyl (C=O) groups excluding carboxylic acids is 1. The molecule has 3 rings (SSSR count). The van der Waals surface area contributed by atoms with Gasteiger partial charge in [-0.2, -0.15) is 0 Å². The van der Waals surface area contributed by atoms with Crippen molar-refractivity contribution < 1.29 is 13.6 Å². The van der Waals surface area contributed by atoms with Crippen LogP contribution in [0.1, 0.15) is 16.1 Å². The number of aromatic nitrogens is 2. The van der Waals surface area contributed by atoms with Crippen molar-refractivity contribution in [2.24, 2.45) is 0 Å². The van der Waals surface area contributed by atoms with Gasteiger partial charge in [0.25, 0.3) is 5.91 Å². The summed E-state index contributed by atoms with van der Waals surface area (Å²) in [6, 6.07) is 11.9. The minimum atomic E-state index is -0.984. The molecule has 1 aromatic heterocycles. The van der Waals surface area contributed by atoms with Crippen LogP contribution in [0.2, 0.25) is 5.02 Å². The maximum absolute atomic E-state index is 13.3. The highest BCUT2D eigenvalue weighted by Crippen LogP contribution is 2.18. The second-order valence-electron chi connectivity index (χ2n) is 5.32. The summed E-state index contributed by atoms with van der Waals surface area (Å²) in [4.78, 5) is 20.1. The molecule has 0 bridgehead atoms. The van der Waals surface area contributed by atoms with E-state index in [1.165, 1.54) is 18.5 Å². The van der Waals surface area contributed by atoms with Crippen LogP contribution in [0.25, 0.3) is 0 Å². The van der Waals surface area contributed by atoms with E-state index in [0.29, 0.717) is 10.7 Å². The number of amides is 1. The van der Waals surface area contributed by atoms with Gasteiger partial charge in [-0.05, 0) is 23.8 Å².